The van der Waals surface area contributed by atoms with Crippen molar-refractivity contribution in [3.63, 3.8) is 0 Å². The zero-order valence-electron chi connectivity index (χ0n) is 78.7. The molecule has 6 aliphatic heterocycles. The summed E-state index contributed by atoms with van der Waals surface area (Å²) in [7, 11) is 4.51. The number of nitrogens with one attached hydrogen (secondary N) is 4. The molecule has 730 valence electrons. The summed E-state index contributed by atoms with van der Waals surface area (Å²) in [5, 5.41) is 37.0. The normalized spacial score (nSPS) is 25.7. The number of esters is 3. The highest BCUT2D eigenvalue weighted by Gasteiger charge is 2.44. The van der Waals surface area contributed by atoms with E-state index in [1.165, 1.54) is 28.4 Å². The molecule has 0 bridgehead atoms. The van der Waals surface area contributed by atoms with Gasteiger partial charge in [0.2, 0.25) is 5.78 Å². The van der Waals surface area contributed by atoms with Gasteiger partial charge in [0.1, 0.15) is 48.9 Å². The molecule has 9 unspecified atom stereocenters. The van der Waals surface area contributed by atoms with Crippen molar-refractivity contribution in [1.82, 2.24) is 21.3 Å². The number of ether oxygens (including phenoxy) is 13. The number of methoxy groups -OCH3 is 5. The van der Waals surface area contributed by atoms with Crippen LogP contribution in [0.25, 0.3) is 0 Å². The van der Waals surface area contributed by atoms with E-state index in [4.69, 9.17) is 73.0 Å². The first kappa shape index (κ1) is 116. The van der Waals surface area contributed by atoms with Crippen LogP contribution in [-0.4, -0.2) is 234 Å². The summed E-state index contributed by atoms with van der Waals surface area (Å²) in [6.07, 6.45) is 17.6. The van der Waals surface area contributed by atoms with E-state index in [2.05, 4.69) is 77.0 Å². The monoisotopic (exact) mass is 1840 g/mol. The molecular formula is C91H151N6O30P. The maximum Gasteiger partial charge on any atom is 0.412 e. The zero-order chi connectivity index (χ0) is 96.2. The van der Waals surface area contributed by atoms with E-state index in [0.29, 0.717) is 57.1 Å². The van der Waals surface area contributed by atoms with Gasteiger partial charge in [-0.2, -0.15) is 0 Å². The molecule has 6 aliphatic rings. The Bertz CT molecular complexity index is 3540. The van der Waals surface area contributed by atoms with Crippen LogP contribution in [0, 0.1) is 23.7 Å². The van der Waals surface area contributed by atoms with Gasteiger partial charge < -0.3 is 108 Å². The van der Waals surface area contributed by atoms with E-state index in [-0.39, 0.29) is 122 Å². The van der Waals surface area contributed by atoms with E-state index in [0.717, 1.165) is 141 Å². The molecular weight excluding hydrogens is 1690 g/mol. The molecule has 0 saturated carbocycles. The van der Waals surface area contributed by atoms with Gasteiger partial charge in [-0.1, -0.05) is 144 Å². The first-order valence-electron chi connectivity index (χ1n) is 45.0. The lowest BCUT2D eigenvalue weighted by molar-refractivity contribution is -0.147. The van der Waals surface area contributed by atoms with Crippen molar-refractivity contribution in [1.29, 1.82) is 0 Å². The summed E-state index contributed by atoms with van der Waals surface area (Å²) < 4.78 is 89.8. The molecule has 11 N–H and O–H groups in total. The molecule has 36 nitrogen and oxygen atoms in total. The molecule has 6 saturated heterocycles. The number of aliphatic carboxylic acids is 3. The molecule has 6 fully saturated rings. The van der Waals surface area contributed by atoms with Crippen LogP contribution in [0.2, 0.25) is 0 Å². The summed E-state index contributed by atoms with van der Waals surface area (Å²) in [5.41, 5.74) is 14.2. The number of carbonyl (C=O) groups excluding carboxylic acids is 8. The minimum atomic E-state index is -3.90. The van der Waals surface area contributed by atoms with Gasteiger partial charge >= 0.3 is 67.8 Å². The lowest BCUT2D eigenvalue weighted by atomic mass is 9.84. The van der Waals surface area contributed by atoms with Gasteiger partial charge in [-0.3, -0.25) is 29.6 Å². The van der Waals surface area contributed by atoms with Crippen LogP contribution in [-0.2, 0) is 122 Å². The number of carboxylic acids is 3. The predicted molar refractivity (Wildman–Crippen MR) is 475 cm³/mol. The van der Waals surface area contributed by atoms with E-state index >= 15 is 0 Å². The van der Waals surface area contributed by atoms with Crippen LogP contribution in [0.1, 0.15) is 248 Å². The van der Waals surface area contributed by atoms with Crippen LogP contribution in [0.3, 0.4) is 0 Å². The van der Waals surface area contributed by atoms with Crippen molar-refractivity contribution < 1.29 is 143 Å². The van der Waals surface area contributed by atoms with Crippen molar-refractivity contribution in [3.05, 3.63) is 83.1 Å². The number of alkyl carbamates (subject to hydrolysis) is 4. The molecule has 2 aromatic carbocycles. The topological polar surface area (TPSA) is 504 Å². The Morgan fingerprint density at radius 1 is 0.375 bits per heavy atom. The van der Waals surface area contributed by atoms with Crippen LogP contribution in [0.15, 0.2) is 71.9 Å². The second kappa shape index (κ2) is 63.6. The number of amides is 4. The smallest absolute Gasteiger partial charge is 0.412 e. The third-order valence-corrected chi connectivity index (χ3v) is 25.2. The maximum absolute atomic E-state index is 12.2. The van der Waals surface area contributed by atoms with Crippen LogP contribution < -0.4 is 32.7 Å². The van der Waals surface area contributed by atoms with Gasteiger partial charge in [0.25, 0.3) is 0 Å². The predicted octanol–water partition coefficient (Wildman–Crippen LogP) is 13.9. The first-order valence-corrected chi connectivity index (χ1v) is 46.6. The number of ketones is 1. The molecule has 8 rings (SSSR count). The number of rotatable bonds is 33. The van der Waals surface area contributed by atoms with E-state index in [9.17, 15) is 67.5 Å². The zero-order valence-corrected chi connectivity index (χ0v) is 79.6. The van der Waals surface area contributed by atoms with E-state index in [1.807, 2.05) is 77.9 Å². The average Bonchev–Trinajstić information content (AvgIpc) is 0.832. The average molecular weight is 1840 g/mol. The highest BCUT2D eigenvalue weighted by Crippen LogP contribution is 2.51. The molecule has 0 spiro atoms. The van der Waals surface area contributed by atoms with Gasteiger partial charge in [-0.15, -0.1) is 0 Å². The largest absolute Gasteiger partial charge is 0.480 e. The van der Waals surface area contributed by atoms with Gasteiger partial charge in [0.05, 0.1) is 109 Å². The van der Waals surface area contributed by atoms with Gasteiger partial charge in [-0.25, -0.2) is 38.4 Å². The Morgan fingerprint density at radius 3 is 0.953 bits per heavy atom. The number of hydrogen-bond acceptors (Lipinski definition) is 29. The van der Waals surface area contributed by atoms with Gasteiger partial charge in [0.15, 0.2) is 0 Å². The SMILES string of the molecule is CC[C@@H]1CC(=C(NC(=O)OCc2ccccc2)C(=O)OC)C[C@H](CC)O1.CC[C@@H]1CC(=O)C[C@H](CC)O1.CC[C@@H]1CC(C(N)C(=O)O)C[C@H](CC)O1.CC[C@@H]1CC(C(N)C(=O)OC)C[C@H](CC)O1.CC[C@@H]1CC(C(NC(=O)OC)C(=O)O)C[C@H](CC)O1.CC[C@@H]1CC(C(NC(=O)OC)C(=O)O)C[C@H](CC)O1.COC(=O)C(NC(=O)OCc1ccccc1)P(=O)(OC)OC. The summed E-state index contributed by atoms with van der Waals surface area (Å²) in [4.78, 5) is 126. The van der Waals surface area contributed by atoms with Crippen LogP contribution in [0.5, 0.6) is 0 Å². The summed E-state index contributed by atoms with van der Waals surface area (Å²) in [5.74, 6) is -6.03. The van der Waals surface area contributed by atoms with E-state index in [1.54, 1.807) is 24.3 Å². The number of carboxylic acid groups (broad SMARTS) is 3. The standard InChI is InChI=1S/C20H27NO5.C13H18NO7P.2C13H23NO5.C12H23NO3.C11H21NO3.C9H16O2/c1-4-16-11-15(12-17(5-2)26-16)18(19(22)24-3)21-20(23)25-13-14-9-7-6-8-10-14;1-18-12(15)11(22(17,19-2)20-3)14-13(16)21-9-10-7-5-4-6-8-10;2*1-4-9-6-8(7-10(5-2)19-9)11(12(15)16)14-13(17)18-3;1-4-9-6-8(7-10(5-2)16-9)11(13)12(14)15-3;1-3-8-5-7(10(12)11(13)14)6-9(4-2)15-8;1-3-8-5-7(10)6-9(4-2)11-8/h6-10,16-17H,4-5,11-13H2,1-3H3,(H,21,23);4-8,11H,9H2,1-3H3,(H,14,16);2*8-11H,4-7H2,1-3H3,(H,14,17)(H,15,16);8-11H,4-7,13H2,1-3H3;7-10H,3-6,12H2,1-2H3,(H,13,14);8-9H,3-6H2,1-2H3/t16-,17+;;3*8?,9-,10+,11?;7?,8-,9+,10?;8-,9+. The highest BCUT2D eigenvalue weighted by atomic mass is 31.2. The molecule has 4 amide bonds. The van der Waals surface area contributed by atoms with Crippen LogP contribution >= 0.6 is 7.60 Å². The Balaban J connectivity index is 0.000000512. The Morgan fingerprint density at radius 2 is 0.672 bits per heavy atom. The molecule has 128 heavy (non-hydrogen) atoms. The second-order valence-electron chi connectivity index (χ2n) is 32.0. The number of benzene rings is 2. The molecule has 2 aromatic rings. The fraction of sp³-hybridized carbons (Fsp3) is 0.725. The number of nitrogens with two attached hydrogens (primary N) is 2. The third-order valence-electron chi connectivity index (χ3n) is 23.2. The minimum absolute atomic E-state index is 0.00910. The summed E-state index contributed by atoms with van der Waals surface area (Å²) in [6, 6.07) is 15.2. The van der Waals surface area contributed by atoms with Crippen molar-refractivity contribution in [3.8, 4) is 0 Å². The van der Waals surface area contributed by atoms with Crippen molar-refractivity contribution in [2.75, 3.05) is 49.8 Å². The van der Waals surface area contributed by atoms with Gasteiger partial charge in [0, 0.05) is 27.1 Å². The van der Waals surface area contributed by atoms with Crippen molar-refractivity contribution in [2.45, 2.75) is 354 Å². The first-order chi connectivity index (χ1) is 61.0. The molecule has 37 heteroatoms. The highest BCUT2D eigenvalue weighted by molar-refractivity contribution is 7.55. The molecule has 0 radical (unpaired) electrons. The Kier molecular flexibility index (Phi) is 57.4. The van der Waals surface area contributed by atoms with Crippen molar-refractivity contribution in [2.24, 2.45) is 35.1 Å². The maximum atomic E-state index is 12.2. The fourth-order valence-corrected chi connectivity index (χ4v) is 16.6. The Labute approximate surface area is 756 Å². The third kappa shape index (κ3) is 41.8. The quantitative estimate of drug-likeness (QED) is 0.0139. The lowest BCUT2D eigenvalue weighted by Gasteiger charge is -2.37. The summed E-state index contributed by atoms with van der Waals surface area (Å²) >= 11 is 0. The number of carbonyl (C=O) groups is 11. The van der Waals surface area contributed by atoms with Crippen molar-refractivity contribution >= 4 is 73.6 Å². The minimum Gasteiger partial charge on any atom is -0.480 e. The fourth-order valence-electron chi connectivity index (χ4n) is 15.4. The lowest BCUT2D eigenvalue weighted by Crippen LogP contribution is -2.50. The number of hydrogen-bond donors (Lipinski definition) is 9. The molecule has 0 aromatic heterocycles. The van der Waals surface area contributed by atoms with E-state index < -0.39 is 91.8 Å². The second-order valence-corrected chi connectivity index (χ2v) is 34.3. The molecule has 21 atom stereocenters. The number of Topliss-reactive ketones (excluding diaryl/α,β-unsaturated/α-hetero) is 1. The Hall–Kier alpha value is -8.42. The van der Waals surface area contributed by atoms with Crippen LogP contribution in [0.4, 0.5) is 19.2 Å². The molecule has 0 aliphatic carbocycles. The summed E-state index contributed by atoms with van der Waals surface area (Å²) in [6.45, 7) is 24.7. The molecule has 6 heterocycles. The van der Waals surface area contributed by atoms with Gasteiger partial charge in [-0.05, 0) is 182 Å².